The van der Waals surface area contributed by atoms with Crippen LogP contribution in [0.25, 0.3) is 0 Å². The first-order valence-corrected chi connectivity index (χ1v) is 7.69. The summed E-state index contributed by atoms with van der Waals surface area (Å²) < 4.78 is 0. The number of amides is 2. The normalized spacial score (nSPS) is 14.0. The Morgan fingerprint density at radius 2 is 2.05 bits per heavy atom. The molecular weight excluding hydrogens is 264 g/mol. The van der Waals surface area contributed by atoms with Crippen LogP contribution in [0.3, 0.4) is 0 Å². The Morgan fingerprint density at radius 3 is 2.71 bits per heavy atom. The van der Waals surface area contributed by atoms with Gasteiger partial charge < -0.3 is 10.2 Å². The van der Waals surface area contributed by atoms with Gasteiger partial charge in [-0.1, -0.05) is 26.8 Å². The van der Waals surface area contributed by atoms with Crippen LogP contribution in [0.4, 0.5) is 5.69 Å². The number of fused-ring (bicyclic) bond motifs is 1. The predicted octanol–water partition coefficient (Wildman–Crippen LogP) is 2.97. The minimum Gasteiger partial charge on any atom is -0.338 e. The van der Waals surface area contributed by atoms with Gasteiger partial charge in [0.25, 0.3) is 0 Å². The average Bonchev–Trinajstić information content (AvgIpc) is 2.44. The van der Waals surface area contributed by atoms with Crippen molar-refractivity contribution in [3.05, 3.63) is 29.3 Å². The zero-order valence-electron chi connectivity index (χ0n) is 13.1. The van der Waals surface area contributed by atoms with Crippen molar-refractivity contribution in [1.82, 2.24) is 4.90 Å². The van der Waals surface area contributed by atoms with Gasteiger partial charge in [-0.15, -0.1) is 0 Å². The van der Waals surface area contributed by atoms with Crippen LogP contribution in [0.15, 0.2) is 18.2 Å². The fourth-order valence-corrected chi connectivity index (χ4v) is 2.65. The number of rotatable bonds is 4. The van der Waals surface area contributed by atoms with E-state index < -0.39 is 0 Å². The van der Waals surface area contributed by atoms with Crippen LogP contribution in [0.2, 0.25) is 0 Å². The van der Waals surface area contributed by atoms with E-state index in [9.17, 15) is 9.59 Å². The van der Waals surface area contributed by atoms with Crippen molar-refractivity contribution in [3.63, 3.8) is 0 Å². The number of carbonyl (C=O) groups is 2. The van der Waals surface area contributed by atoms with Gasteiger partial charge in [0.2, 0.25) is 11.8 Å². The molecule has 0 aliphatic carbocycles. The number of carbonyl (C=O) groups excluding carboxylic acids is 2. The van der Waals surface area contributed by atoms with Crippen molar-refractivity contribution in [2.75, 3.05) is 11.9 Å². The maximum Gasteiger partial charge on any atom is 0.224 e. The summed E-state index contributed by atoms with van der Waals surface area (Å²) in [5.41, 5.74) is 3.24. The molecule has 4 heteroatoms. The molecule has 0 unspecified atom stereocenters. The van der Waals surface area contributed by atoms with Crippen molar-refractivity contribution in [2.45, 2.75) is 46.6 Å². The molecule has 1 aromatic carbocycles. The van der Waals surface area contributed by atoms with E-state index in [4.69, 9.17) is 0 Å². The second kappa shape index (κ2) is 6.74. The standard InChI is InChI=1S/C17H24N2O2/c1-4-17(21)19-8-7-13-5-6-15(10-14(13)11-19)18-16(20)9-12(2)3/h5-6,10,12H,4,7-9,11H2,1-3H3,(H,18,20). The Morgan fingerprint density at radius 1 is 1.29 bits per heavy atom. The molecule has 0 saturated carbocycles. The van der Waals surface area contributed by atoms with Gasteiger partial charge in [-0.25, -0.2) is 0 Å². The molecule has 1 N–H and O–H groups in total. The highest BCUT2D eigenvalue weighted by Crippen LogP contribution is 2.23. The zero-order valence-corrected chi connectivity index (χ0v) is 13.1. The number of hydrogen-bond acceptors (Lipinski definition) is 2. The minimum absolute atomic E-state index is 0.0438. The maximum atomic E-state index is 11.8. The molecule has 0 radical (unpaired) electrons. The summed E-state index contributed by atoms with van der Waals surface area (Å²) in [5.74, 6) is 0.581. The van der Waals surface area contributed by atoms with Crippen LogP contribution >= 0.6 is 0 Å². The Bertz CT molecular complexity index is 538. The van der Waals surface area contributed by atoms with Crippen molar-refractivity contribution in [3.8, 4) is 0 Å². The first kappa shape index (κ1) is 15.5. The van der Waals surface area contributed by atoms with E-state index in [0.717, 1.165) is 24.2 Å². The van der Waals surface area contributed by atoms with Gasteiger partial charge in [0.1, 0.15) is 0 Å². The molecule has 2 rings (SSSR count). The molecule has 4 nitrogen and oxygen atoms in total. The molecule has 0 aromatic heterocycles. The lowest BCUT2D eigenvalue weighted by Gasteiger charge is -2.29. The van der Waals surface area contributed by atoms with Gasteiger partial charge in [0.15, 0.2) is 0 Å². The molecule has 0 spiro atoms. The second-order valence-electron chi connectivity index (χ2n) is 6.05. The summed E-state index contributed by atoms with van der Waals surface area (Å²) >= 11 is 0. The van der Waals surface area contributed by atoms with Crippen molar-refractivity contribution in [1.29, 1.82) is 0 Å². The zero-order chi connectivity index (χ0) is 15.4. The van der Waals surface area contributed by atoms with Gasteiger partial charge in [0, 0.05) is 31.6 Å². The van der Waals surface area contributed by atoms with E-state index in [2.05, 4.69) is 11.4 Å². The first-order chi connectivity index (χ1) is 9.99. The third kappa shape index (κ3) is 4.06. The van der Waals surface area contributed by atoms with Crippen molar-refractivity contribution < 1.29 is 9.59 Å². The number of benzene rings is 1. The van der Waals surface area contributed by atoms with Gasteiger partial charge in [0.05, 0.1) is 0 Å². The summed E-state index contributed by atoms with van der Waals surface area (Å²) in [6, 6.07) is 6.02. The van der Waals surface area contributed by atoms with Crippen LogP contribution in [0.1, 0.15) is 44.7 Å². The number of anilines is 1. The van der Waals surface area contributed by atoms with E-state index in [0.29, 0.717) is 25.3 Å². The highest BCUT2D eigenvalue weighted by atomic mass is 16.2. The van der Waals surface area contributed by atoms with Crippen molar-refractivity contribution >= 4 is 17.5 Å². The van der Waals surface area contributed by atoms with Gasteiger partial charge in [-0.05, 0) is 35.6 Å². The number of nitrogens with zero attached hydrogens (tertiary/aromatic N) is 1. The molecule has 21 heavy (non-hydrogen) atoms. The molecule has 1 aromatic rings. The lowest BCUT2D eigenvalue weighted by atomic mass is 9.98. The third-order valence-corrected chi connectivity index (χ3v) is 3.75. The van der Waals surface area contributed by atoms with Gasteiger partial charge in [-0.3, -0.25) is 9.59 Å². The lowest BCUT2D eigenvalue weighted by Crippen LogP contribution is -2.35. The molecule has 0 atom stereocenters. The van der Waals surface area contributed by atoms with Crippen molar-refractivity contribution in [2.24, 2.45) is 5.92 Å². The summed E-state index contributed by atoms with van der Waals surface area (Å²) in [7, 11) is 0. The molecular formula is C17H24N2O2. The Kier molecular flexibility index (Phi) is 4.99. The maximum absolute atomic E-state index is 11.8. The SMILES string of the molecule is CCC(=O)N1CCc2ccc(NC(=O)CC(C)C)cc2C1. The molecule has 114 valence electrons. The smallest absolute Gasteiger partial charge is 0.224 e. The first-order valence-electron chi connectivity index (χ1n) is 7.69. The summed E-state index contributed by atoms with van der Waals surface area (Å²) in [6.07, 6.45) is 1.96. The molecule has 1 heterocycles. The molecule has 0 bridgehead atoms. The van der Waals surface area contributed by atoms with Gasteiger partial charge in [-0.2, -0.15) is 0 Å². The molecule has 1 aliphatic rings. The lowest BCUT2D eigenvalue weighted by molar-refractivity contribution is -0.131. The molecule has 0 fully saturated rings. The topological polar surface area (TPSA) is 49.4 Å². The minimum atomic E-state index is 0.0438. The second-order valence-corrected chi connectivity index (χ2v) is 6.05. The Balaban J connectivity index is 2.08. The van der Waals surface area contributed by atoms with E-state index in [1.54, 1.807) is 0 Å². The summed E-state index contributed by atoms with van der Waals surface area (Å²) in [4.78, 5) is 25.5. The molecule has 1 aliphatic heterocycles. The van der Waals surface area contributed by atoms with E-state index in [-0.39, 0.29) is 11.8 Å². The van der Waals surface area contributed by atoms with E-state index in [1.807, 2.05) is 37.8 Å². The summed E-state index contributed by atoms with van der Waals surface area (Å²) in [6.45, 7) is 7.39. The summed E-state index contributed by atoms with van der Waals surface area (Å²) in [5, 5.41) is 2.94. The quantitative estimate of drug-likeness (QED) is 0.926. The van der Waals surface area contributed by atoms with Crippen LogP contribution in [-0.2, 0) is 22.6 Å². The van der Waals surface area contributed by atoms with E-state index >= 15 is 0 Å². The van der Waals surface area contributed by atoms with Crippen LogP contribution in [0.5, 0.6) is 0 Å². The Labute approximate surface area is 126 Å². The van der Waals surface area contributed by atoms with Crippen LogP contribution < -0.4 is 5.32 Å². The fourth-order valence-electron chi connectivity index (χ4n) is 2.65. The van der Waals surface area contributed by atoms with Gasteiger partial charge >= 0.3 is 0 Å². The molecule has 2 amide bonds. The monoisotopic (exact) mass is 288 g/mol. The van der Waals surface area contributed by atoms with Crippen LogP contribution in [-0.4, -0.2) is 23.3 Å². The van der Waals surface area contributed by atoms with E-state index in [1.165, 1.54) is 5.56 Å². The molecule has 0 saturated heterocycles. The predicted molar refractivity (Wildman–Crippen MR) is 83.9 cm³/mol. The fraction of sp³-hybridized carbons (Fsp3) is 0.529. The van der Waals surface area contributed by atoms with Crippen LogP contribution in [0, 0.1) is 5.92 Å². The average molecular weight is 288 g/mol. The largest absolute Gasteiger partial charge is 0.338 e. The Hall–Kier alpha value is -1.84. The third-order valence-electron chi connectivity index (χ3n) is 3.75. The number of nitrogens with one attached hydrogen (secondary N) is 1. The number of hydrogen-bond donors (Lipinski definition) is 1. The highest BCUT2D eigenvalue weighted by Gasteiger charge is 2.19. The highest BCUT2D eigenvalue weighted by molar-refractivity contribution is 5.91.